The van der Waals surface area contributed by atoms with E-state index in [1.54, 1.807) is 0 Å². The number of hydrogen-bond acceptors (Lipinski definition) is 2. The first-order valence-corrected chi connectivity index (χ1v) is 9.03. The molecule has 0 aromatic heterocycles. The first-order chi connectivity index (χ1) is 10.5. The number of fused-ring (bicyclic) bond motifs is 3. The second-order valence-corrected chi connectivity index (χ2v) is 8.69. The molecule has 22 heavy (non-hydrogen) atoms. The van der Waals surface area contributed by atoms with Gasteiger partial charge in [-0.1, -0.05) is 13.0 Å². The smallest absolute Gasteiger partial charge is 0.115 e. The molecular weight excluding hydrogens is 272 g/mol. The maximum absolute atomic E-state index is 11.2. The van der Waals surface area contributed by atoms with Gasteiger partial charge in [-0.05, 0) is 91.9 Å². The SMILES string of the molecule is C[C@@]12CCC3c4ccc(O)cc4CCC3C13CCC2(O)CC3. The average Bonchev–Trinajstić information content (AvgIpc) is 2.88. The molecule has 4 aliphatic carbocycles. The van der Waals surface area contributed by atoms with Crippen LogP contribution in [0.2, 0.25) is 0 Å². The van der Waals surface area contributed by atoms with Gasteiger partial charge in [0, 0.05) is 5.41 Å². The highest BCUT2D eigenvalue weighted by Crippen LogP contribution is 2.77. The molecule has 2 N–H and O–H groups in total. The number of rotatable bonds is 0. The largest absolute Gasteiger partial charge is 0.508 e. The summed E-state index contributed by atoms with van der Waals surface area (Å²) in [4.78, 5) is 0. The van der Waals surface area contributed by atoms with Crippen LogP contribution in [-0.2, 0) is 6.42 Å². The predicted molar refractivity (Wildman–Crippen MR) is 85.9 cm³/mol. The maximum atomic E-state index is 11.2. The normalized spacial score (nSPS) is 48.6. The predicted octanol–water partition coefficient (Wildman–Crippen LogP) is 4.14. The molecular formula is C20H26O2. The zero-order valence-corrected chi connectivity index (χ0v) is 13.4. The minimum Gasteiger partial charge on any atom is -0.508 e. The topological polar surface area (TPSA) is 40.5 Å². The first kappa shape index (κ1) is 13.4. The fourth-order valence-electron chi connectivity index (χ4n) is 7.30. The average molecular weight is 298 g/mol. The molecule has 1 aromatic carbocycles. The Bertz CT molecular complexity index is 641. The first-order valence-electron chi connectivity index (χ1n) is 9.03. The van der Waals surface area contributed by atoms with Crippen molar-refractivity contribution in [2.24, 2.45) is 16.7 Å². The Morgan fingerprint density at radius 2 is 1.82 bits per heavy atom. The number of hydrogen-bond donors (Lipinski definition) is 2. The standard InChI is InChI=1S/C20H26O2/c1-18-7-6-16-15-4-3-14(21)12-13(15)2-5-17(16)19(18)8-10-20(18,22)11-9-19/h3-4,12,16-17,21-22H,2,5-11H2,1H3/t16?,17?,18-,19?,20?/m1/s1. The van der Waals surface area contributed by atoms with E-state index in [-0.39, 0.29) is 11.0 Å². The van der Waals surface area contributed by atoms with Crippen molar-refractivity contribution in [2.45, 2.75) is 69.8 Å². The molecule has 3 saturated carbocycles. The molecule has 0 radical (unpaired) electrons. The summed E-state index contributed by atoms with van der Waals surface area (Å²) in [6.45, 7) is 2.40. The third-order valence-corrected chi connectivity index (χ3v) is 8.50. The van der Waals surface area contributed by atoms with Crippen molar-refractivity contribution >= 4 is 0 Å². The van der Waals surface area contributed by atoms with E-state index in [0.717, 1.165) is 25.2 Å². The quantitative estimate of drug-likeness (QED) is 0.755. The highest BCUT2D eigenvalue weighted by atomic mass is 16.3. The van der Waals surface area contributed by atoms with Crippen molar-refractivity contribution in [2.75, 3.05) is 0 Å². The van der Waals surface area contributed by atoms with Crippen molar-refractivity contribution < 1.29 is 10.2 Å². The van der Waals surface area contributed by atoms with Gasteiger partial charge in [0.1, 0.15) is 5.75 Å². The van der Waals surface area contributed by atoms with Gasteiger partial charge < -0.3 is 10.2 Å². The van der Waals surface area contributed by atoms with Crippen LogP contribution in [0.3, 0.4) is 0 Å². The molecule has 0 spiro atoms. The van der Waals surface area contributed by atoms with E-state index in [0.29, 0.717) is 17.1 Å². The van der Waals surface area contributed by atoms with Crippen LogP contribution in [0.15, 0.2) is 18.2 Å². The molecule has 0 amide bonds. The fourth-order valence-corrected chi connectivity index (χ4v) is 7.30. The van der Waals surface area contributed by atoms with Gasteiger partial charge in [-0.3, -0.25) is 0 Å². The number of benzene rings is 1. The number of aromatic hydroxyl groups is 1. The Kier molecular flexibility index (Phi) is 2.38. The Morgan fingerprint density at radius 3 is 2.59 bits per heavy atom. The monoisotopic (exact) mass is 298 g/mol. The Morgan fingerprint density at radius 1 is 1.05 bits per heavy atom. The van der Waals surface area contributed by atoms with Crippen LogP contribution in [0.1, 0.15) is 68.9 Å². The summed E-state index contributed by atoms with van der Waals surface area (Å²) in [5.74, 6) is 1.80. The van der Waals surface area contributed by atoms with Crippen LogP contribution in [0, 0.1) is 16.7 Å². The van der Waals surface area contributed by atoms with Gasteiger partial charge in [-0.25, -0.2) is 0 Å². The van der Waals surface area contributed by atoms with Crippen molar-refractivity contribution in [3.8, 4) is 5.75 Å². The van der Waals surface area contributed by atoms with Crippen LogP contribution in [-0.4, -0.2) is 15.8 Å². The van der Waals surface area contributed by atoms with Crippen molar-refractivity contribution in [3.63, 3.8) is 0 Å². The Hall–Kier alpha value is -1.02. The molecule has 3 atom stereocenters. The van der Waals surface area contributed by atoms with E-state index >= 15 is 0 Å². The van der Waals surface area contributed by atoms with Crippen LogP contribution in [0.25, 0.3) is 0 Å². The molecule has 0 heterocycles. The molecule has 118 valence electrons. The summed E-state index contributed by atoms with van der Waals surface area (Å²) in [6.07, 6.45) is 9.23. The van der Waals surface area contributed by atoms with Crippen LogP contribution >= 0.6 is 0 Å². The van der Waals surface area contributed by atoms with Gasteiger partial charge in [0.05, 0.1) is 5.60 Å². The Balaban J connectivity index is 1.62. The summed E-state index contributed by atoms with van der Waals surface area (Å²) >= 11 is 0. The van der Waals surface area contributed by atoms with Crippen LogP contribution in [0.4, 0.5) is 0 Å². The lowest BCUT2D eigenvalue weighted by atomic mass is 9.48. The van der Waals surface area contributed by atoms with E-state index in [1.165, 1.54) is 43.2 Å². The van der Waals surface area contributed by atoms with Gasteiger partial charge in [0.15, 0.2) is 0 Å². The molecule has 2 bridgehead atoms. The summed E-state index contributed by atoms with van der Waals surface area (Å²) in [6, 6.07) is 6.03. The molecule has 5 rings (SSSR count). The van der Waals surface area contributed by atoms with E-state index in [9.17, 15) is 10.2 Å². The molecule has 2 unspecified atom stereocenters. The molecule has 4 aliphatic rings. The second-order valence-electron chi connectivity index (χ2n) is 8.69. The van der Waals surface area contributed by atoms with Gasteiger partial charge in [0.25, 0.3) is 0 Å². The number of aryl methyl sites for hydroxylation is 1. The number of phenols is 1. The van der Waals surface area contributed by atoms with E-state index in [2.05, 4.69) is 13.0 Å². The number of aliphatic hydroxyl groups is 1. The lowest BCUT2D eigenvalue weighted by molar-refractivity contribution is -0.101. The van der Waals surface area contributed by atoms with Gasteiger partial charge in [-0.15, -0.1) is 0 Å². The lowest BCUT2D eigenvalue weighted by Crippen LogP contribution is -2.51. The second kappa shape index (κ2) is 3.90. The summed E-state index contributed by atoms with van der Waals surface area (Å²) in [5.41, 5.74) is 3.00. The maximum Gasteiger partial charge on any atom is 0.115 e. The molecule has 3 fully saturated rings. The molecule has 0 aliphatic heterocycles. The van der Waals surface area contributed by atoms with Crippen LogP contribution in [0.5, 0.6) is 5.75 Å². The van der Waals surface area contributed by atoms with E-state index in [4.69, 9.17) is 0 Å². The zero-order valence-electron chi connectivity index (χ0n) is 13.4. The molecule has 2 nitrogen and oxygen atoms in total. The highest BCUT2D eigenvalue weighted by Gasteiger charge is 2.73. The third kappa shape index (κ3) is 1.29. The highest BCUT2D eigenvalue weighted by molar-refractivity contribution is 5.41. The van der Waals surface area contributed by atoms with Gasteiger partial charge in [-0.2, -0.15) is 0 Å². The van der Waals surface area contributed by atoms with Crippen LogP contribution < -0.4 is 0 Å². The van der Waals surface area contributed by atoms with Crippen molar-refractivity contribution in [1.29, 1.82) is 0 Å². The van der Waals surface area contributed by atoms with Crippen molar-refractivity contribution in [1.82, 2.24) is 0 Å². The molecule has 1 aromatic rings. The van der Waals surface area contributed by atoms with E-state index in [1.807, 2.05) is 12.1 Å². The summed E-state index contributed by atoms with van der Waals surface area (Å²) in [7, 11) is 0. The van der Waals surface area contributed by atoms with Gasteiger partial charge >= 0.3 is 0 Å². The molecule has 0 saturated heterocycles. The minimum absolute atomic E-state index is 0.148. The number of phenolic OH excluding ortho intramolecular Hbond substituents is 1. The Labute approximate surface area is 132 Å². The summed E-state index contributed by atoms with van der Waals surface area (Å²) < 4.78 is 0. The third-order valence-electron chi connectivity index (χ3n) is 8.50. The van der Waals surface area contributed by atoms with Crippen molar-refractivity contribution in [3.05, 3.63) is 29.3 Å². The zero-order chi connectivity index (χ0) is 15.2. The fraction of sp³-hybridized carbons (Fsp3) is 0.700. The minimum atomic E-state index is -0.382. The molecule has 2 heteroatoms. The van der Waals surface area contributed by atoms with Gasteiger partial charge in [0.2, 0.25) is 0 Å². The summed E-state index contributed by atoms with van der Waals surface area (Å²) in [5, 5.41) is 21.0. The van der Waals surface area contributed by atoms with E-state index < -0.39 is 0 Å². The lowest BCUT2D eigenvalue weighted by Gasteiger charge is -2.56.